The minimum Gasteiger partial charge on any atom is -0.370 e. The molecule has 0 spiro atoms. The van der Waals surface area contributed by atoms with Crippen molar-refractivity contribution in [3.05, 3.63) is 77.3 Å². The Bertz CT molecular complexity index is 1150. The Kier molecular flexibility index (Phi) is 6.54. The van der Waals surface area contributed by atoms with Crippen LogP contribution >= 0.6 is 23.8 Å². The first-order valence-corrected chi connectivity index (χ1v) is 12.9. The SMILES string of the molecule is CC1CCN(c2ccc(N3C(=S)N[C@H](c4ccccn4)[C@@H]3c3cccn3C(C)C)cc2Cl)CC1. The maximum absolute atomic E-state index is 6.88. The molecule has 0 bridgehead atoms. The lowest BCUT2D eigenvalue weighted by atomic mass is 9.98. The molecule has 0 saturated carbocycles. The van der Waals surface area contributed by atoms with E-state index in [-0.39, 0.29) is 12.1 Å². The van der Waals surface area contributed by atoms with Crippen molar-refractivity contribution in [1.29, 1.82) is 0 Å². The van der Waals surface area contributed by atoms with Gasteiger partial charge >= 0.3 is 0 Å². The molecule has 2 saturated heterocycles. The van der Waals surface area contributed by atoms with Gasteiger partial charge in [0.15, 0.2) is 5.11 Å². The van der Waals surface area contributed by atoms with Crippen LogP contribution in [0.4, 0.5) is 11.4 Å². The second kappa shape index (κ2) is 9.59. The average Bonchev–Trinajstić information content (AvgIpc) is 3.45. The van der Waals surface area contributed by atoms with Crippen molar-refractivity contribution < 1.29 is 0 Å². The summed E-state index contributed by atoms with van der Waals surface area (Å²) in [4.78, 5) is 9.28. The third-order valence-corrected chi connectivity index (χ3v) is 7.72. The van der Waals surface area contributed by atoms with E-state index in [4.69, 9.17) is 23.8 Å². The van der Waals surface area contributed by atoms with Crippen LogP contribution in [-0.2, 0) is 0 Å². The lowest BCUT2D eigenvalue weighted by molar-refractivity contribution is 0.438. The molecule has 2 aromatic heterocycles. The number of pyridine rings is 1. The summed E-state index contributed by atoms with van der Waals surface area (Å²) in [5.74, 6) is 0.781. The van der Waals surface area contributed by atoms with Crippen LogP contribution in [-0.4, -0.2) is 27.8 Å². The third-order valence-electron chi connectivity index (χ3n) is 7.10. The molecule has 34 heavy (non-hydrogen) atoms. The van der Waals surface area contributed by atoms with E-state index in [0.717, 1.165) is 41.1 Å². The number of benzene rings is 1. The van der Waals surface area contributed by atoms with E-state index in [1.807, 2.05) is 18.3 Å². The number of nitrogens with one attached hydrogen (secondary N) is 1. The number of anilines is 2. The maximum atomic E-state index is 6.88. The van der Waals surface area contributed by atoms with Crippen molar-refractivity contribution >= 4 is 40.3 Å². The molecule has 2 aliphatic rings. The Morgan fingerprint density at radius 3 is 2.56 bits per heavy atom. The fourth-order valence-corrected chi connectivity index (χ4v) is 5.85. The van der Waals surface area contributed by atoms with E-state index in [9.17, 15) is 0 Å². The standard InChI is InChI=1S/C27H32ClN5S/c1-18(2)32-14-6-8-24(32)26-25(22-7-4-5-13-29-22)30-27(34)33(26)20-9-10-23(21(28)17-20)31-15-11-19(3)12-16-31/h4-10,13-14,17-19,25-26H,11-12,15-16H2,1-3H3,(H,30,34)/t25-,26+/m1/s1. The predicted octanol–water partition coefficient (Wildman–Crippen LogP) is 6.53. The van der Waals surface area contributed by atoms with E-state index < -0.39 is 0 Å². The number of piperidine rings is 1. The molecule has 4 heterocycles. The summed E-state index contributed by atoms with van der Waals surface area (Å²) in [5.41, 5.74) is 4.28. The smallest absolute Gasteiger partial charge is 0.174 e. The van der Waals surface area contributed by atoms with Crippen LogP contribution in [0.25, 0.3) is 0 Å². The topological polar surface area (TPSA) is 36.3 Å². The predicted molar refractivity (Wildman–Crippen MR) is 145 cm³/mol. The summed E-state index contributed by atoms with van der Waals surface area (Å²) < 4.78 is 2.31. The number of rotatable bonds is 5. The Balaban J connectivity index is 1.54. The van der Waals surface area contributed by atoms with E-state index >= 15 is 0 Å². The second-order valence-electron chi connectivity index (χ2n) is 9.74. The molecule has 5 rings (SSSR count). The molecular formula is C27H32ClN5S. The molecule has 178 valence electrons. The summed E-state index contributed by atoms with van der Waals surface area (Å²) >= 11 is 12.8. The number of nitrogens with zero attached hydrogens (tertiary/aromatic N) is 4. The summed E-state index contributed by atoms with van der Waals surface area (Å²) in [5, 5.41) is 5.01. The highest BCUT2D eigenvalue weighted by Gasteiger charge is 2.42. The van der Waals surface area contributed by atoms with Crippen molar-refractivity contribution in [1.82, 2.24) is 14.9 Å². The molecule has 2 atom stereocenters. The van der Waals surface area contributed by atoms with Crippen LogP contribution in [0.2, 0.25) is 5.02 Å². The molecule has 0 amide bonds. The maximum Gasteiger partial charge on any atom is 0.174 e. The summed E-state index contributed by atoms with van der Waals surface area (Å²) in [6.45, 7) is 8.84. The first kappa shape index (κ1) is 23.2. The van der Waals surface area contributed by atoms with Crippen LogP contribution in [0.15, 0.2) is 60.9 Å². The quantitative estimate of drug-likeness (QED) is 0.409. The molecule has 0 unspecified atom stereocenters. The molecule has 7 heteroatoms. The van der Waals surface area contributed by atoms with Gasteiger partial charge < -0.3 is 19.7 Å². The van der Waals surface area contributed by atoms with Gasteiger partial charge in [0.1, 0.15) is 6.04 Å². The van der Waals surface area contributed by atoms with Gasteiger partial charge in [-0.05, 0) is 87.3 Å². The lowest BCUT2D eigenvalue weighted by Gasteiger charge is -2.34. The van der Waals surface area contributed by atoms with Crippen LogP contribution in [0.3, 0.4) is 0 Å². The largest absolute Gasteiger partial charge is 0.370 e. The minimum atomic E-state index is -0.0665. The highest BCUT2D eigenvalue weighted by Crippen LogP contribution is 2.44. The van der Waals surface area contributed by atoms with Gasteiger partial charge in [-0.1, -0.05) is 24.6 Å². The normalized spacial score (nSPS) is 21.4. The van der Waals surface area contributed by atoms with Gasteiger partial charge in [0.25, 0.3) is 0 Å². The Hall–Kier alpha value is -2.57. The molecule has 0 aliphatic carbocycles. The van der Waals surface area contributed by atoms with Crippen molar-refractivity contribution in [2.45, 2.75) is 51.7 Å². The zero-order valence-corrected chi connectivity index (χ0v) is 21.6. The van der Waals surface area contributed by atoms with E-state index in [2.05, 4.69) is 88.0 Å². The first-order chi connectivity index (χ1) is 16.4. The van der Waals surface area contributed by atoms with Gasteiger partial charge in [0, 0.05) is 42.9 Å². The van der Waals surface area contributed by atoms with Gasteiger partial charge in [-0.2, -0.15) is 0 Å². The number of halogens is 1. The van der Waals surface area contributed by atoms with Gasteiger partial charge in [0.2, 0.25) is 0 Å². The van der Waals surface area contributed by atoms with Crippen molar-refractivity contribution in [3.63, 3.8) is 0 Å². The summed E-state index contributed by atoms with van der Waals surface area (Å²) in [6.07, 6.45) is 6.39. The van der Waals surface area contributed by atoms with E-state index in [1.54, 1.807) is 0 Å². The van der Waals surface area contributed by atoms with Crippen LogP contribution in [0, 0.1) is 5.92 Å². The van der Waals surface area contributed by atoms with Gasteiger partial charge in [-0.3, -0.25) is 4.98 Å². The highest BCUT2D eigenvalue weighted by molar-refractivity contribution is 7.80. The fraction of sp³-hybridized carbons (Fsp3) is 0.407. The zero-order valence-electron chi connectivity index (χ0n) is 20.0. The number of aromatic nitrogens is 2. The Labute approximate surface area is 212 Å². The molecule has 2 fully saturated rings. The fourth-order valence-electron chi connectivity index (χ4n) is 5.21. The van der Waals surface area contributed by atoms with Crippen molar-refractivity contribution in [3.8, 4) is 0 Å². The number of hydrogen-bond donors (Lipinski definition) is 1. The lowest BCUT2D eigenvalue weighted by Crippen LogP contribution is -2.33. The molecule has 1 N–H and O–H groups in total. The molecule has 0 radical (unpaired) electrons. The molecule has 3 aromatic rings. The van der Waals surface area contributed by atoms with Gasteiger partial charge in [0.05, 0.1) is 22.4 Å². The van der Waals surface area contributed by atoms with E-state index in [0.29, 0.717) is 11.2 Å². The number of thiocarbonyl (C=S) groups is 1. The van der Waals surface area contributed by atoms with Gasteiger partial charge in [-0.15, -0.1) is 0 Å². The Morgan fingerprint density at radius 2 is 1.88 bits per heavy atom. The molecule has 2 aliphatic heterocycles. The minimum absolute atomic E-state index is 0.0439. The monoisotopic (exact) mass is 493 g/mol. The van der Waals surface area contributed by atoms with Gasteiger partial charge in [-0.25, -0.2) is 0 Å². The Morgan fingerprint density at radius 1 is 1.09 bits per heavy atom. The summed E-state index contributed by atoms with van der Waals surface area (Å²) in [7, 11) is 0. The van der Waals surface area contributed by atoms with Crippen LogP contribution < -0.4 is 15.1 Å². The first-order valence-electron chi connectivity index (χ1n) is 12.2. The van der Waals surface area contributed by atoms with Crippen LogP contribution in [0.5, 0.6) is 0 Å². The average molecular weight is 494 g/mol. The second-order valence-corrected chi connectivity index (χ2v) is 10.5. The van der Waals surface area contributed by atoms with Crippen LogP contribution in [0.1, 0.15) is 63.1 Å². The molecule has 5 nitrogen and oxygen atoms in total. The third kappa shape index (κ3) is 4.29. The van der Waals surface area contributed by atoms with Crippen molar-refractivity contribution in [2.75, 3.05) is 22.9 Å². The molecule has 1 aromatic carbocycles. The van der Waals surface area contributed by atoms with Crippen molar-refractivity contribution in [2.24, 2.45) is 5.92 Å². The summed E-state index contributed by atoms with van der Waals surface area (Å²) in [6, 6.07) is 16.9. The van der Waals surface area contributed by atoms with E-state index in [1.165, 1.54) is 18.5 Å². The number of hydrogen-bond acceptors (Lipinski definition) is 3. The highest BCUT2D eigenvalue weighted by atomic mass is 35.5. The molecular weight excluding hydrogens is 462 g/mol. The zero-order chi connectivity index (χ0) is 23.8.